The summed E-state index contributed by atoms with van der Waals surface area (Å²) in [7, 11) is -10.2. The van der Waals surface area contributed by atoms with E-state index < -0.39 is 48.5 Å². The van der Waals surface area contributed by atoms with Crippen LogP contribution in [0.5, 0.6) is 0 Å². The lowest BCUT2D eigenvalue weighted by Gasteiger charge is -2.23. The Kier molecular flexibility index (Phi) is 12.8. The number of phosphoric ester groups is 1. The monoisotopic (exact) mass is 704 g/mol. The van der Waals surface area contributed by atoms with Crippen LogP contribution < -0.4 is 5.73 Å². The molecule has 3 rings (SSSR count). The minimum atomic E-state index is -5.69. The summed E-state index contributed by atoms with van der Waals surface area (Å²) in [6.07, 6.45) is 4.13. The highest BCUT2D eigenvalue weighted by molar-refractivity contribution is 8.76. The molecule has 3 heterocycles. The number of nitrogens with zero attached hydrogens (tertiary/aromatic N) is 5. The third-order valence-corrected chi connectivity index (χ3v) is 11.0. The highest BCUT2D eigenvalue weighted by atomic mass is 33.1. The molecule has 1 saturated heterocycles. The molecule has 2 aromatic rings. The van der Waals surface area contributed by atoms with Crippen LogP contribution in [0.3, 0.4) is 0 Å². The summed E-state index contributed by atoms with van der Waals surface area (Å²) in [5.74, 6) is 6.14. The number of rotatable bonds is 14. The fourth-order valence-electron chi connectivity index (χ4n) is 3.84. The fraction of sp³-hybridized carbons (Fsp3) is 0.550. The zero-order valence-corrected chi connectivity index (χ0v) is 27.5. The van der Waals surface area contributed by atoms with Gasteiger partial charge in [0.15, 0.2) is 5.82 Å². The largest absolute Gasteiger partial charge is 0.490 e. The number of aromatic nitrogens is 3. The number of hydrogen-bond donors (Lipinski definition) is 5. The maximum Gasteiger partial charge on any atom is 0.490 e. The van der Waals surface area contributed by atoms with E-state index >= 15 is 0 Å². The van der Waals surface area contributed by atoms with Gasteiger partial charge in [-0.1, -0.05) is 33.4 Å². The molecule has 43 heavy (non-hydrogen) atoms. The van der Waals surface area contributed by atoms with E-state index in [0.29, 0.717) is 22.4 Å². The summed E-state index contributed by atoms with van der Waals surface area (Å²) in [6.45, 7) is 1.20. The lowest BCUT2D eigenvalue weighted by atomic mass is 10.2. The highest BCUT2D eigenvalue weighted by Crippen LogP contribution is 2.66. The van der Waals surface area contributed by atoms with Gasteiger partial charge in [-0.25, -0.2) is 28.7 Å². The zero-order valence-electron chi connectivity index (χ0n) is 23.2. The Bertz CT molecular complexity index is 1510. The molecule has 23 heteroatoms. The van der Waals surface area contributed by atoms with E-state index in [2.05, 4.69) is 35.4 Å². The topological polar surface area (TPSA) is 251 Å². The van der Waals surface area contributed by atoms with Crippen LogP contribution in [0.2, 0.25) is 0 Å². The van der Waals surface area contributed by atoms with Crippen LogP contribution in [0.1, 0.15) is 25.1 Å². The van der Waals surface area contributed by atoms with E-state index in [1.807, 2.05) is 6.26 Å². The van der Waals surface area contributed by atoms with Gasteiger partial charge in [-0.05, 0) is 13.2 Å². The third kappa shape index (κ3) is 10.9. The summed E-state index contributed by atoms with van der Waals surface area (Å²) in [5.41, 5.74) is 6.19. The molecule has 18 nitrogen and oxygen atoms in total. The summed E-state index contributed by atoms with van der Waals surface area (Å²) in [6, 6.07) is 0. The Morgan fingerprint density at radius 3 is 2.60 bits per heavy atom. The lowest BCUT2D eigenvalue weighted by Crippen LogP contribution is -2.30. The molecule has 1 aliphatic rings. The second-order valence-electron chi connectivity index (χ2n) is 8.82. The number of nitrogens with two attached hydrogens (primary N) is 1. The van der Waals surface area contributed by atoms with E-state index in [1.165, 1.54) is 27.9 Å². The van der Waals surface area contributed by atoms with Gasteiger partial charge in [0.25, 0.3) is 0 Å². The second kappa shape index (κ2) is 15.3. The first-order valence-electron chi connectivity index (χ1n) is 12.1. The summed E-state index contributed by atoms with van der Waals surface area (Å²) in [5, 5.41) is 0.533. The first kappa shape index (κ1) is 36.1. The molecule has 0 radical (unpaired) electrons. The van der Waals surface area contributed by atoms with Gasteiger partial charge in [0.1, 0.15) is 29.7 Å². The summed E-state index contributed by atoms with van der Waals surface area (Å²) in [4.78, 5) is 51.7. The molecule has 240 valence electrons. The fourth-order valence-corrected chi connectivity index (χ4v) is 8.28. The molecule has 6 N–H and O–H groups in total. The van der Waals surface area contributed by atoms with Gasteiger partial charge in [-0.2, -0.15) is 8.62 Å². The lowest BCUT2D eigenvalue weighted by molar-refractivity contribution is -0.0616. The predicted octanol–water partition coefficient (Wildman–Crippen LogP) is 2.34. The van der Waals surface area contributed by atoms with E-state index in [0.717, 1.165) is 0 Å². The molecular formula is C20H31N6O12P3S2. The second-order valence-corrected chi connectivity index (χ2v) is 16.0. The maximum atomic E-state index is 12.4. The number of hydrogen-bond acceptors (Lipinski definition) is 14. The average Bonchev–Trinajstić information content (AvgIpc) is 3.44. The van der Waals surface area contributed by atoms with Crippen LogP contribution in [0.4, 0.5) is 5.82 Å². The van der Waals surface area contributed by atoms with Crippen LogP contribution in [0.25, 0.3) is 11.0 Å². The Hall–Kier alpha value is -1.36. The molecule has 6 atom stereocenters. The molecule has 1 fully saturated rings. The van der Waals surface area contributed by atoms with Crippen molar-refractivity contribution < 1.29 is 55.9 Å². The highest BCUT2D eigenvalue weighted by Gasteiger charge is 2.44. The van der Waals surface area contributed by atoms with Crippen LogP contribution in [-0.2, 0) is 36.3 Å². The normalized spacial score (nSPS) is 22.7. The van der Waals surface area contributed by atoms with E-state index in [-0.39, 0.29) is 18.4 Å². The van der Waals surface area contributed by atoms with Crippen LogP contribution in [0, 0.1) is 11.8 Å². The predicted molar refractivity (Wildman–Crippen MR) is 159 cm³/mol. The molecule has 0 amide bonds. The summed E-state index contributed by atoms with van der Waals surface area (Å²) >= 11 is 0. The van der Waals surface area contributed by atoms with Crippen molar-refractivity contribution in [3.05, 3.63) is 18.1 Å². The van der Waals surface area contributed by atoms with Crippen molar-refractivity contribution in [2.24, 2.45) is 10.7 Å². The van der Waals surface area contributed by atoms with E-state index in [1.54, 1.807) is 43.0 Å². The standard InChI is InChI=1S/C20H31N6O12P3S2/c1-13(43-42-4)35-15-8-17(36-16(15)10-34-40(30,31)38-41(32,33)37-39(27,28)29)26-9-14(6-5-7-21)18-19(24-12-25(2)3)22-11-23-20(18)26/h9,11-13,15-17H,7-8,10,21H2,1-4H3,(H,30,31)(H,32,33)(H2,27,28,29)/b24-12+/t13-,15+,16+,17+/m0/s1. The molecule has 1 aliphatic heterocycles. The zero-order chi connectivity index (χ0) is 32.0. The Balaban J connectivity index is 1.92. The van der Waals surface area contributed by atoms with Crippen molar-refractivity contribution in [3.8, 4) is 11.8 Å². The first-order valence-corrected chi connectivity index (χ1v) is 19.2. The van der Waals surface area contributed by atoms with Gasteiger partial charge < -0.3 is 44.2 Å². The van der Waals surface area contributed by atoms with E-state index in [4.69, 9.17) is 29.5 Å². The Morgan fingerprint density at radius 1 is 1.26 bits per heavy atom. The Morgan fingerprint density at radius 2 is 1.98 bits per heavy atom. The van der Waals surface area contributed by atoms with Crippen LogP contribution in [-0.4, -0.2) is 96.5 Å². The maximum absolute atomic E-state index is 12.4. The number of phosphoric acid groups is 3. The van der Waals surface area contributed by atoms with Crippen molar-refractivity contribution in [2.75, 3.05) is 33.5 Å². The van der Waals surface area contributed by atoms with Gasteiger partial charge in [0, 0.05) is 26.7 Å². The van der Waals surface area contributed by atoms with Crippen molar-refractivity contribution in [2.45, 2.75) is 37.2 Å². The molecule has 0 bridgehead atoms. The van der Waals surface area contributed by atoms with Crippen molar-refractivity contribution in [3.63, 3.8) is 0 Å². The molecule has 0 spiro atoms. The van der Waals surface area contributed by atoms with Gasteiger partial charge in [-0.15, -0.1) is 0 Å². The molecule has 0 saturated carbocycles. The molecule has 0 aliphatic carbocycles. The van der Waals surface area contributed by atoms with Gasteiger partial charge >= 0.3 is 23.5 Å². The van der Waals surface area contributed by atoms with Crippen molar-refractivity contribution >= 4 is 68.2 Å². The minimum absolute atomic E-state index is 0.0974. The SMILES string of the molecule is CSS[C@@H](C)O[C@@H]1C[C@H](n2cc(C#CCN)c3c(/N=C/N(C)C)ncnc32)O[C@@H]1COP(=O)(O)OP(=O)(O)OP(=O)(O)O. The number of ether oxygens (including phenoxy) is 2. The average molecular weight is 705 g/mol. The third-order valence-electron chi connectivity index (χ3n) is 5.23. The number of fused-ring (bicyclic) bond motifs is 1. The quantitative estimate of drug-likeness (QED) is 0.0472. The molecule has 0 aromatic carbocycles. The Labute approximate surface area is 254 Å². The van der Waals surface area contributed by atoms with Crippen molar-refractivity contribution in [1.29, 1.82) is 0 Å². The van der Waals surface area contributed by atoms with Crippen LogP contribution in [0.15, 0.2) is 17.5 Å². The van der Waals surface area contributed by atoms with Gasteiger partial charge in [0.2, 0.25) is 0 Å². The minimum Gasteiger partial charge on any atom is -0.369 e. The molecule has 2 unspecified atom stereocenters. The number of aliphatic imine (C=N–C) groups is 1. The molecule has 2 aromatic heterocycles. The van der Waals surface area contributed by atoms with Gasteiger partial charge in [-0.3, -0.25) is 4.52 Å². The summed E-state index contributed by atoms with van der Waals surface area (Å²) < 4.78 is 61.3. The molecular weight excluding hydrogens is 673 g/mol. The van der Waals surface area contributed by atoms with Gasteiger partial charge in [0.05, 0.1) is 36.5 Å². The van der Waals surface area contributed by atoms with Crippen LogP contribution >= 0.6 is 45.1 Å². The first-order chi connectivity index (χ1) is 20.0. The van der Waals surface area contributed by atoms with E-state index in [9.17, 15) is 23.5 Å². The van der Waals surface area contributed by atoms with Crippen molar-refractivity contribution in [1.82, 2.24) is 19.4 Å². The smallest absolute Gasteiger partial charge is 0.369 e.